The Morgan fingerprint density at radius 1 is 0.774 bits per heavy atom. The molecule has 0 aliphatic carbocycles. The summed E-state index contributed by atoms with van der Waals surface area (Å²) in [5, 5.41) is 3.24. The Morgan fingerprint density at radius 2 is 1.39 bits per heavy atom. The van der Waals surface area contributed by atoms with Gasteiger partial charge >= 0.3 is 0 Å². The minimum absolute atomic E-state index is 0.290. The predicted octanol–water partition coefficient (Wildman–Crippen LogP) is 4.77. The molecule has 0 spiro atoms. The summed E-state index contributed by atoms with van der Waals surface area (Å²) in [6.45, 7) is 4.01. The van der Waals surface area contributed by atoms with Crippen LogP contribution in [0.4, 0.5) is 17.1 Å². The summed E-state index contributed by atoms with van der Waals surface area (Å²) in [5.41, 5.74) is 5.86. The van der Waals surface area contributed by atoms with E-state index >= 15 is 0 Å². The average Bonchev–Trinajstić information content (AvgIpc) is 2.97. The molecule has 0 saturated carbocycles. The molecule has 0 unspecified atom stereocenters. The molecule has 31 heavy (non-hydrogen) atoms. The molecular weight excluding hydrogens is 386 g/mol. The van der Waals surface area contributed by atoms with Gasteiger partial charge in [-0.05, 0) is 66.9 Å². The molecule has 3 aromatic rings. The number of rotatable bonds is 5. The summed E-state index contributed by atoms with van der Waals surface area (Å²) in [6, 6.07) is 22.7. The van der Waals surface area contributed by atoms with Gasteiger partial charge in [0.2, 0.25) is 0 Å². The first-order valence-corrected chi connectivity index (χ1v) is 10.2. The lowest BCUT2D eigenvalue weighted by Crippen LogP contribution is -2.32. The van der Waals surface area contributed by atoms with Crippen molar-refractivity contribution in [1.29, 1.82) is 0 Å². The van der Waals surface area contributed by atoms with Crippen LogP contribution in [-0.2, 0) is 9.59 Å². The Bertz CT molecular complexity index is 1160. The highest BCUT2D eigenvalue weighted by Crippen LogP contribution is 2.34. The zero-order valence-electron chi connectivity index (χ0n) is 18.1. The summed E-state index contributed by atoms with van der Waals surface area (Å²) in [5.74, 6) is -0.693. The normalized spacial score (nSPS) is 13.7. The Balaban J connectivity index is 1.79. The lowest BCUT2D eigenvalue weighted by atomic mass is 10.0. The molecule has 156 valence electrons. The van der Waals surface area contributed by atoms with E-state index in [-0.39, 0.29) is 17.5 Å². The number of hydrogen-bond acceptors (Lipinski definition) is 4. The maximum atomic E-state index is 13.5. The third-order valence-corrected chi connectivity index (χ3v) is 5.26. The van der Waals surface area contributed by atoms with Gasteiger partial charge in [-0.2, -0.15) is 0 Å². The Kier molecular flexibility index (Phi) is 5.34. The van der Waals surface area contributed by atoms with Crippen molar-refractivity contribution in [3.63, 3.8) is 0 Å². The van der Waals surface area contributed by atoms with Crippen molar-refractivity contribution in [3.8, 4) is 0 Å². The maximum Gasteiger partial charge on any atom is 0.282 e. The van der Waals surface area contributed by atoms with Crippen LogP contribution in [0.25, 0.3) is 5.57 Å². The second-order valence-corrected chi connectivity index (χ2v) is 7.97. The van der Waals surface area contributed by atoms with Crippen molar-refractivity contribution in [2.75, 3.05) is 29.2 Å². The van der Waals surface area contributed by atoms with Gasteiger partial charge in [-0.25, -0.2) is 4.90 Å². The van der Waals surface area contributed by atoms with E-state index in [1.54, 1.807) is 12.1 Å². The molecule has 2 amide bonds. The van der Waals surface area contributed by atoms with Crippen LogP contribution >= 0.6 is 0 Å². The van der Waals surface area contributed by atoms with E-state index in [0.29, 0.717) is 16.8 Å². The van der Waals surface area contributed by atoms with E-state index in [9.17, 15) is 9.59 Å². The van der Waals surface area contributed by atoms with Crippen LogP contribution in [0.1, 0.15) is 16.7 Å². The van der Waals surface area contributed by atoms with E-state index in [1.165, 1.54) is 4.90 Å². The molecular formula is C26H25N3O2. The van der Waals surface area contributed by atoms with Gasteiger partial charge in [0.05, 0.1) is 11.3 Å². The molecule has 0 atom stereocenters. The van der Waals surface area contributed by atoms with E-state index < -0.39 is 0 Å². The van der Waals surface area contributed by atoms with Gasteiger partial charge in [-0.15, -0.1) is 0 Å². The van der Waals surface area contributed by atoms with Gasteiger partial charge in [-0.1, -0.05) is 36.4 Å². The van der Waals surface area contributed by atoms with Crippen LogP contribution in [0.5, 0.6) is 0 Å². The monoisotopic (exact) mass is 411 g/mol. The molecule has 1 heterocycles. The number of imide groups is 1. The number of hydrogen-bond donors (Lipinski definition) is 1. The van der Waals surface area contributed by atoms with Crippen LogP contribution in [0, 0.1) is 13.8 Å². The molecule has 1 aliphatic heterocycles. The summed E-state index contributed by atoms with van der Waals surface area (Å²) in [4.78, 5) is 30.1. The fourth-order valence-corrected chi connectivity index (χ4v) is 3.84. The maximum absolute atomic E-state index is 13.5. The van der Waals surface area contributed by atoms with Crippen molar-refractivity contribution in [1.82, 2.24) is 0 Å². The minimum Gasteiger partial charge on any atom is -0.378 e. The number of carbonyl (C=O) groups is 2. The number of nitrogens with zero attached hydrogens (tertiary/aromatic N) is 2. The molecule has 3 aromatic carbocycles. The van der Waals surface area contributed by atoms with Crippen molar-refractivity contribution in [2.45, 2.75) is 13.8 Å². The van der Waals surface area contributed by atoms with E-state index in [1.807, 2.05) is 87.4 Å². The highest BCUT2D eigenvalue weighted by atomic mass is 16.2. The van der Waals surface area contributed by atoms with Crippen molar-refractivity contribution in [2.24, 2.45) is 0 Å². The molecule has 0 radical (unpaired) electrons. The molecule has 0 fully saturated rings. The zero-order valence-corrected chi connectivity index (χ0v) is 18.1. The number of aryl methyl sites for hydroxylation is 2. The van der Waals surface area contributed by atoms with Crippen molar-refractivity contribution in [3.05, 3.63) is 95.2 Å². The summed E-state index contributed by atoms with van der Waals surface area (Å²) < 4.78 is 0. The van der Waals surface area contributed by atoms with E-state index in [2.05, 4.69) is 11.4 Å². The average molecular weight is 412 g/mol. The quantitative estimate of drug-likeness (QED) is 0.615. The lowest BCUT2D eigenvalue weighted by Gasteiger charge is -2.18. The van der Waals surface area contributed by atoms with Gasteiger partial charge in [-0.3, -0.25) is 9.59 Å². The summed E-state index contributed by atoms with van der Waals surface area (Å²) in [7, 11) is 3.89. The van der Waals surface area contributed by atoms with Gasteiger partial charge < -0.3 is 10.2 Å². The van der Waals surface area contributed by atoms with Gasteiger partial charge in [0, 0.05) is 25.5 Å². The Labute approximate surface area is 182 Å². The molecule has 0 bridgehead atoms. The highest BCUT2D eigenvalue weighted by Gasteiger charge is 2.40. The molecule has 5 heteroatoms. The lowest BCUT2D eigenvalue weighted by molar-refractivity contribution is -0.120. The van der Waals surface area contributed by atoms with E-state index in [4.69, 9.17) is 0 Å². The first kappa shape index (κ1) is 20.4. The molecule has 4 rings (SSSR count). The third kappa shape index (κ3) is 3.94. The van der Waals surface area contributed by atoms with E-state index in [0.717, 1.165) is 22.5 Å². The predicted molar refractivity (Wildman–Crippen MR) is 126 cm³/mol. The fourth-order valence-electron chi connectivity index (χ4n) is 3.84. The fraction of sp³-hybridized carbons (Fsp3) is 0.154. The van der Waals surface area contributed by atoms with Crippen LogP contribution in [0.3, 0.4) is 0 Å². The first-order valence-electron chi connectivity index (χ1n) is 10.2. The summed E-state index contributed by atoms with van der Waals surface area (Å²) in [6.07, 6.45) is 0. The standard InChI is InChI=1S/C26H25N3O2/c1-17-14-18(2)16-20(15-17)27-24-23(19-8-6-5-7-9-19)25(30)29(26(24)31)22-12-10-21(11-13-22)28(3)4/h5-16,27H,1-4H3. The largest absolute Gasteiger partial charge is 0.378 e. The third-order valence-electron chi connectivity index (χ3n) is 5.26. The zero-order chi connectivity index (χ0) is 22.1. The van der Waals surface area contributed by atoms with Gasteiger partial charge in [0.1, 0.15) is 5.70 Å². The molecule has 0 aromatic heterocycles. The topological polar surface area (TPSA) is 52.7 Å². The number of amides is 2. The Morgan fingerprint density at radius 3 is 1.97 bits per heavy atom. The van der Waals surface area contributed by atoms with Crippen LogP contribution in [0.15, 0.2) is 78.5 Å². The molecule has 5 nitrogen and oxygen atoms in total. The molecule has 1 N–H and O–H groups in total. The minimum atomic E-state index is -0.361. The van der Waals surface area contributed by atoms with Crippen molar-refractivity contribution >= 4 is 34.4 Å². The number of carbonyl (C=O) groups excluding carboxylic acids is 2. The highest BCUT2D eigenvalue weighted by molar-refractivity contribution is 6.46. The molecule has 0 saturated heterocycles. The number of benzene rings is 3. The smallest absolute Gasteiger partial charge is 0.282 e. The van der Waals surface area contributed by atoms with Crippen LogP contribution in [0.2, 0.25) is 0 Å². The SMILES string of the molecule is Cc1cc(C)cc(NC2=C(c3ccccc3)C(=O)N(c3ccc(N(C)C)cc3)C2=O)c1. The van der Waals surface area contributed by atoms with Crippen molar-refractivity contribution < 1.29 is 9.59 Å². The van der Waals surface area contributed by atoms with Crippen LogP contribution in [-0.4, -0.2) is 25.9 Å². The van der Waals surface area contributed by atoms with Crippen LogP contribution < -0.4 is 15.1 Å². The summed E-state index contributed by atoms with van der Waals surface area (Å²) >= 11 is 0. The second-order valence-electron chi connectivity index (χ2n) is 7.97. The number of anilines is 3. The van der Waals surface area contributed by atoms with Gasteiger partial charge in [0.15, 0.2) is 0 Å². The second kappa shape index (κ2) is 8.11. The van der Waals surface area contributed by atoms with Gasteiger partial charge in [0.25, 0.3) is 11.8 Å². The Hall–Kier alpha value is -3.86. The first-order chi connectivity index (χ1) is 14.8. The number of nitrogens with one attached hydrogen (secondary N) is 1. The molecule has 1 aliphatic rings.